The van der Waals surface area contributed by atoms with Gasteiger partial charge in [0.05, 0.1) is 12.3 Å². The Bertz CT molecular complexity index is 480. The maximum Gasteiger partial charge on any atom is 0.357 e. The quantitative estimate of drug-likeness (QED) is 0.410. The topological polar surface area (TPSA) is 57.5 Å². The first-order valence-corrected chi connectivity index (χ1v) is 7.29. The third kappa shape index (κ3) is 4.55. The van der Waals surface area contributed by atoms with E-state index >= 15 is 0 Å². The highest BCUT2D eigenvalue weighted by atomic mass is 35.5. The van der Waals surface area contributed by atoms with Gasteiger partial charge in [-0.25, -0.2) is 0 Å². The van der Waals surface area contributed by atoms with Gasteiger partial charge in [-0.05, 0) is 46.4 Å². The van der Waals surface area contributed by atoms with Crippen molar-refractivity contribution in [1.29, 1.82) is 0 Å². The van der Waals surface area contributed by atoms with Gasteiger partial charge >= 0.3 is 21.5 Å². The average Bonchev–Trinajstić information content (AvgIpc) is 2.30. The number of Topliss-reactive ketones (excluding diaryl/α,β-unsaturated/α-hetero) is 1. The Hall–Kier alpha value is 0.190. The predicted molar refractivity (Wildman–Crippen MR) is 71.9 cm³/mol. The molecule has 0 spiro atoms. The standard InChI is InChI=1S/C10H8Cl4F8O3/c1-3(6(25,9(13,19)20)10(14,21)22)4(23)2-5(24,7(11,15)16)8(12,17)18/h3,24-25H,2H2,1H3. The second-order valence-corrected chi connectivity index (χ2v) is 6.88. The molecule has 15 heteroatoms. The number of aliphatic hydroxyl groups is 2. The van der Waals surface area contributed by atoms with Crippen LogP contribution in [-0.2, 0) is 4.79 Å². The van der Waals surface area contributed by atoms with Crippen LogP contribution in [0.2, 0.25) is 0 Å². The summed E-state index contributed by atoms with van der Waals surface area (Å²) in [5, 5.41) is -2.57. The Morgan fingerprint density at radius 1 is 0.800 bits per heavy atom. The normalized spacial score (nSPS) is 16.8. The van der Waals surface area contributed by atoms with Crippen molar-refractivity contribution in [3.8, 4) is 0 Å². The summed E-state index contributed by atoms with van der Waals surface area (Å²) in [7, 11) is 0. The summed E-state index contributed by atoms with van der Waals surface area (Å²) in [6.45, 7) is 0.105. The number of hydrogen-bond acceptors (Lipinski definition) is 3. The molecule has 1 unspecified atom stereocenters. The van der Waals surface area contributed by atoms with Gasteiger partial charge < -0.3 is 10.2 Å². The minimum atomic E-state index is -5.32. The fraction of sp³-hybridized carbons (Fsp3) is 0.900. The van der Waals surface area contributed by atoms with Crippen LogP contribution in [0.3, 0.4) is 0 Å². The van der Waals surface area contributed by atoms with Gasteiger partial charge in [0.15, 0.2) is 0 Å². The van der Waals surface area contributed by atoms with Crippen molar-refractivity contribution in [3.63, 3.8) is 0 Å². The van der Waals surface area contributed by atoms with E-state index in [-0.39, 0.29) is 6.92 Å². The van der Waals surface area contributed by atoms with Crippen LogP contribution in [0.15, 0.2) is 0 Å². The van der Waals surface area contributed by atoms with Crippen molar-refractivity contribution in [3.05, 3.63) is 0 Å². The van der Waals surface area contributed by atoms with Gasteiger partial charge in [-0.3, -0.25) is 4.79 Å². The zero-order chi connectivity index (χ0) is 20.9. The van der Waals surface area contributed by atoms with Crippen LogP contribution in [0.25, 0.3) is 0 Å². The van der Waals surface area contributed by atoms with Crippen LogP contribution < -0.4 is 0 Å². The van der Waals surface area contributed by atoms with Crippen molar-refractivity contribution in [2.24, 2.45) is 5.92 Å². The number of rotatable bonds is 8. The second-order valence-electron chi connectivity index (χ2n) is 4.98. The van der Waals surface area contributed by atoms with E-state index < -0.39 is 50.9 Å². The molecule has 2 N–H and O–H groups in total. The maximum absolute atomic E-state index is 13.2. The molecule has 0 aromatic rings. The zero-order valence-corrected chi connectivity index (χ0v) is 14.6. The SMILES string of the molecule is CC(C(=O)CC(O)(C(F)(F)Cl)C(F)(F)Cl)C(O)(C(F)(F)Cl)C(F)(F)Cl. The molecule has 0 saturated carbocycles. The van der Waals surface area contributed by atoms with E-state index in [0.717, 1.165) is 0 Å². The maximum atomic E-state index is 13.2. The summed E-state index contributed by atoms with van der Waals surface area (Å²) in [4.78, 5) is 11.7. The van der Waals surface area contributed by atoms with E-state index in [1.807, 2.05) is 0 Å². The van der Waals surface area contributed by atoms with Crippen LogP contribution in [-0.4, -0.2) is 48.7 Å². The Balaban J connectivity index is 6.05. The van der Waals surface area contributed by atoms with Gasteiger partial charge in [0.2, 0.25) is 11.2 Å². The van der Waals surface area contributed by atoms with Gasteiger partial charge in [-0.2, -0.15) is 35.1 Å². The number of alkyl halides is 12. The van der Waals surface area contributed by atoms with E-state index in [1.165, 1.54) is 0 Å². The first-order valence-electron chi connectivity index (χ1n) is 5.78. The van der Waals surface area contributed by atoms with Crippen LogP contribution in [0.4, 0.5) is 35.1 Å². The first kappa shape index (κ1) is 25.2. The third-order valence-electron chi connectivity index (χ3n) is 3.34. The monoisotopic (exact) mass is 468 g/mol. The highest BCUT2D eigenvalue weighted by Gasteiger charge is 2.73. The van der Waals surface area contributed by atoms with Gasteiger partial charge in [0, 0.05) is 0 Å². The van der Waals surface area contributed by atoms with Crippen LogP contribution in [0, 0.1) is 5.92 Å². The van der Waals surface area contributed by atoms with Crippen molar-refractivity contribution < 1.29 is 50.1 Å². The molecule has 0 aliphatic rings. The summed E-state index contributed by atoms with van der Waals surface area (Å²) < 4.78 is 105. The summed E-state index contributed by atoms with van der Waals surface area (Å²) >= 11 is 17.1. The molecular formula is C10H8Cl4F8O3. The summed E-state index contributed by atoms with van der Waals surface area (Å²) in [6.07, 6.45) is -2.51. The molecule has 0 saturated heterocycles. The molecule has 0 amide bonds. The molecule has 3 nitrogen and oxygen atoms in total. The predicted octanol–water partition coefficient (Wildman–Crippen LogP) is 4.37. The van der Waals surface area contributed by atoms with E-state index in [4.69, 9.17) is 0 Å². The highest BCUT2D eigenvalue weighted by Crippen LogP contribution is 2.53. The summed E-state index contributed by atoms with van der Waals surface area (Å²) in [5.74, 6) is -5.47. The Labute approximate surface area is 154 Å². The Morgan fingerprint density at radius 2 is 1.08 bits per heavy atom. The van der Waals surface area contributed by atoms with E-state index in [1.54, 1.807) is 0 Å². The van der Waals surface area contributed by atoms with Gasteiger partial charge in [0.25, 0.3) is 0 Å². The Morgan fingerprint density at radius 3 is 1.28 bits per heavy atom. The molecular weight excluding hydrogens is 462 g/mol. The van der Waals surface area contributed by atoms with Crippen molar-refractivity contribution >= 4 is 52.2 Å². The lowest BCUT2D eigenvalue weighted by Crippen LogP contribution is -2.63. The number of carbonyl (C=O) groups is 1. The molecule has 0 radical (unpaired) electrons. The second kappa shape index (κ2) is 6.97. The molecule has 0 bridgehead atoms. The smallest absolute Gasteiger partial charge is 0.357 e. The van der Waals surface area contributed by atoms with E-state index in [2.05, 4.69) is 46.4 Å². The molecule has 0 aliphatic carbocycles. The minimum absolute atomic E-state index is 0.105. The fourth-order valence-electron chi connectivity index (χ4n) is 1.65. The molecule has 150 valence electrons. The lowest BCUT2D eigenvalue weighted by atomic mass is 9.81. The number of hydrogen-bond donors (Lipinski definition) is 2. The van der Waals surface area contributed by atoms with Crippen molar-refractivity contribution in [1.82, 2.24) is 0 Å². The Kier molecular flexibility index (Phi) is 7.03. The van der Waals surface area contributed by atoms with Crippen LogP contribution in [0.1, 0.15) is 13.3 Å². The van der Waals surface area contributed by atoms with Crippen molar-refractivity contribution in [2.45, 2.75) is 46.1 Å². The number of halogens is 12. The third-order valence-corrected chi connectivity index (χ3v) is 4.54. The molecule has 1 atom stereocenters. The average molecular weight is 470 g/mol. The lowest BCUT2D eigenvalue weighted by molar-refractivity contribution is -0.244. The van der Waals surface area contributed by atoms with E-state index in [9.17, 15) is 50.1 Å². The molecule has 0 aliphatic heterocycles. The summed E-state index contributed by atoms with van der Waals surface area (Å²) in [5.41, 5.74) is -9.77. The van der Waals surface area contributed by atoms with Gasteiger partial charge in [-0.15, -0.1) is 0 Å². The minimum Gasteiger partial charge on any atom is -0.376 e. The number of carbonyl (C=O) groups excluding carboxylic acids is 1. The molecule has 0 aromatic carbocycles. The molecule has 0 fully saturated rings. The highest BCUT2D eigenvalue weighted by molar-refractivity contribution is 6.27. The molecule has 0 aromatic heterocycles. The zero-order valence-electron chi connectivity index (χ0n) is 11.6. The fourth-order valence-corrected chi connectivity index (χ4v) is 2.68. The molecule has 0 rings (SSSR count). The summed E-state index contributed by atoms with van der Waals surface area (Å²) in [6, 6.07) is 0. The van der Waals surface area contributed by atoms with Crippen LogP contribution in [0.5, 0.6) is 0 Å². The van der Waals surface area contributed by atoms with Crippen molar-refractivity contribution in [2.75, 3.05) is 0 Å². The lowest BCUT2D eigenvalue weighted by Gasteiger charge is -2.40. The van der Waals surface area contributed by atoms with E-state index in [0.29, 0.717) is 0 Å². The number of ketones is 1. The first-order chi connectivity index (χ1) is 10.5. The van der Waals surface area contributed by atoms with Crippen LogP contribution >= 0.6 is 46.4 Å². The van der Waals surface area contributed by atoms with Gasteiger partial charge in [-0.1, -0.05) is 6.92 Å². The van der Waals surface area contributed by atoms with Gasteiger partial charge in [0.1, 0.15) is 5.78 Å². The molecule has 25 heavy (non-hydrogen) atoms. The molecule has 0 heterocycles. The largest absolute Gasteiger partial charge is 0.376 e.